The van der Waals surface area contributed by atoms with E-state index in [0.717, 1.165) is 29.4 Å². The molecule has 0 N–H and O–H groups in total. The highest BCUT2D eigenvalue weighted by molar-refractivity contribution is 5.91. The lowest BCUT2D eigenvalue weighted by molar-refractivity contribution is -0.128. The van der Waals surface area contributed by atoms with Gasteiger partial charge in [-0.2, -0.15) is 0 Å². The van der Waals surface area contributed by atoms with Crippen molar-refractivity contribution in [3.63, 3.8) is 0 Å². The van der Waals surface area contributed by atoms with Gasteiger partial charge in [0.05, 0.1) is 5.92 Å². The van der Waals surface area contributed by atoms with E-state index in [0.29, 0.717) is 19.3 Å². The molecule has 4 rings (SSSR count). The molecule has 0 aliphatic carbocycles. The zero-order valence-corrected chi connectivity index (χ0v) is 20.0. The van der Waals surface area contributed by atoms with Crippen LogP contribution in [0.15, 0.2) is 121 Å². The summed E-state index contributed by atoms with van der Waals surface area (Å²) in [5.74, 6) is -0.910. The van der Waals surface area contributed by atoms with Crippen LogP contribution in [0.25, 0.3) is 0 Å². The molecule has 35 heavy (non-hydrogen) atoms. The first-order valence-corrected chi connectivity index (χ1v) is 12.4. The van der Waals surface area contributed by atoms with E-state index >= 15 is 0 Å². The average Bonchev–Trinajstić information content (AvgIpc) is 2.92. The monoisotopic (exact) mass is 460 g/mol. The van der Waals surface area contributed by atoms with E-state index < -0.39 is 5.92 Å². The van der Waals surface area contributed by atoms with Crippen molar-refractivity contribution >= 4 is 12.1 Å². The molecule has 0 heterocycles. The fraction of sp³-hybridized carbons (Fsp3) is 0.212. The largest absolute Gasteiger partial charge is 0.303 e. The predicted octanol–water partition coefficient (Wildman–Crippen LogP) is 6.89. The van der Waals surface area contributed by atoms with E-state index in [1.54, 1.807) is 0 Å². The number of ketones is 1. The maximum Gasteiger partial charge on any atom is 0.144 e. The summed E-state index contributed by atoms with van der Waals surface area (Å²) in [5.41, 5.74) is 4.39. The third-order valence-electron chi connectivity index (χ3n) is 6.73. The number of aryl methyl sites for hydroxylation is 1. The number of aldehydes is 1. The lowest BCUT2D eigenvalue weighted by atomic mass is 9.74. The van der Waals surface area contributed by atoms with Crippen LogP contribution in [0.4, 0.5) is 0 Å². The van der Waals surface area contributed by atoms with E-state index in [-0.39, 0.29) is 17.6 Å². The van der Waals surface area contributed by atoms with Crippen molar-refractivity contribution in [1.82, 2.24) is 0 Å². The maximum absolute atomic E-state index is 14.3. The Morgan fingerprint density at radius 2 is 1.03 bits per heavy atom. The van der Waals surface area contributed by atoms with Crippen LogP contribution >= 0.6 is 0 Å². The number of hydrogen-bond acceptors (Lipinski definition) is 2. The van der Waals surface area contributed by atoms with Crippen LogP contribution in [-0.2, 0) is 28.9 Å². The van der Waals surface area contributed by atoms with Crippen LogP contribution in [-0.4, -0.2) is 12.1 Å². The van der Waals surface area contributed by atoms with Crippen LogP contribution in [0.5, 0.6) is 0 Å². The molecule has 0 aliphatic heterocycles. The average molecular weight is 461 g/mol. The second-order valence-electron chi connectivity index (χ2n) is 9.19. The third-order valence-corrected chi connectivity index (χ3v) is 6.73. The van der Waals surface area contributed by atoms with Crippen molar-refractivity contribution in [3.8, 4) is 0 Å². The number of hydrogen-bond donors (Lipinski definition) is 0. The van der Waals surface area contributed by atoms with Crippen LogP contribution in [0.1, 0.15) is 34.6 Å². The summed E-state index contributed by atoms with van der Waals surface area (Å²) in [6, 6.07) is 40.4. The topological polar surface area (TPSA) is 34.1 Å². The summed E-state index contributed by atoms with van der Waals surface area (Å²) < 4.78 is 0. The Morgan fingerprint density at radius 1 is 0.600 bits per heavy atom. The molecule has 0 aliphatic rings. The van der Waals surface area contributed by atoms with E-state index in [1.807, 2.05) is 84.9 Å². The Morgan fingerprint density at radius 3 is 1.49 bits per heavy atom. The Balaban J connectivity index is 1.65. The molecule has 2 atom stereocenters. The molecule has 0 saturated heterocycles. The van der Waals surface area contributed by atoms with Crippen LogP contribution < -0.4 is 0 Å². The first kappa shape index (κ1) is 24.3. The minimum Gasteiger partial charge on any atom is -0.303 e. The summed E-state index contributed by atoms with van der Waals surface area (Å²) >= 11 is 0. The van der Waals surface area contributed by atoms with Crippen LogP contribution in [0.2, 0.25) is 0 Å². The molecular weight excluding hydrogens is 428 g/mol. The molecule has 4 aromatic carbocycles. The first-order chi connectivity index (χ1) is 17.2. The van der Waals surface area contributed by atoms with Crippen molar-refractivity contribution in [1.29, 1.82) is 0 Å². The van der Waals surface area contributed by atoms with Gasteiger partial charge in [-0.1, -0.05) is 121 Å². The van der Waals surface area contributed by atoms with E-state index in [1.165, 1.54) is 5.56 Å². The number of Topliss-reactive ketones (excluding diaryl/α,β-unsaturated/α-hetero) is 1. The number of carbonyl (C=O) groups is 2. The van der Waals surface area contributed by atoms with E-state index in [2.05, 4.69) is 36.4 Å². The smallest absolute Gasteiger partial charge is 0.144 e. The summed E-state index contributed by atoms with van der Waals surface area (Å²) in [6.45, 7) is 0. The first-order valence-electron chi connectivity index (χ1n) is 12.4. The Hall–Kier alpha value is -3.78. The van der Waals surface area contributed by atoms with Gasteiger partial charge in [0, 0.05) is 11.8 Å². The van der Waals surface area contributed by atoms with Gasteiger partial charge in [0.25, 0.3) is 0 Å². The van der Waals surface area contributed by atoms with Crippen LogP contribution in [0.3, 0.4) is 0 Å². The van der Waals surface area contributed by atoms with Gasteiger partial charge in [0.15, 0.2) is 0 Å². The maximum atomic E-state index is 14.3. The zero-order valence-electron chi connectivity index (χ0n) is 20.0. The third kappa shape index (κ3) is 6.86. The SMILES string of the molecule is O=CC(CCc1ccccc1)C(C(=O)C(Cc1ccccc1)Cc1ccccc1)c1ccccc1. The zero-order chi connectivity index (χ0) is 24.3. The van der Waals surface area contributed by atoms with Gasteiger partial charge in [0.2, 0.25) is 0 Å². The van der Waals surface area contributed by atoms with Crippen molar-refractivity contribution in [3.05, 3.63) is 144 Å². The van der Waals surface area contributed by atoms with Gasteiger partial charge in [0.1, 0.15) is 12.1 Å². The molecule has 0 saturated carbocycles. The summed E-state index contributed by atoms with van der Waals surface area (Å²) in [5, 5.41) is 0. The number of benzene rings is 4. The minimum absolute atomic E-state index is 0.147. The molecule has 0 spiro atoms. The number of carbonyl (C=O) groups excluding carboxylic acids is 2. The lowest BCUT2D eigenvalue weighted by Crippen LogP contribution is -2.31. The quantitative estimate of drug-likeness (QED) is 0.216. The minimum atomic E-state index is -0.463. The van der Waals surface area contributed by atoms with Gasteiger partial charge in [-0.15, -0.1) is 0 Å². The summed E-state index contributed by atoms with van der Waals surface area (Å²) in [7, 11) is 0. The fourth-order valence-corrected chi connectivity index (χ4v) is 4.90. The molecule has 0 bridgehead atoms. The highest BCUT2D eigenvalue weighted by Crippen LogP contribution is 2.33. The summed E-state index contributed by atoms with van der Waals surface area (Å²) in [6.07, 6.45) is 3.72. The van der Waals surface area contributed by atoms with Gasteiger partial charge in [-0.05, 0) is 47.9 Å². The number of rotatable bonds is 12. The second-order valence-corrected chi connectivity index (χ2v) is 9.19. The van der Waals surface area contributed by atoms with E-state index in [4.69, 9.17) is 0 Å². The van der Waals surface area contributed by atoms with Gasteiger partial charge < -0.3 is 4.79 Å². The molecular formula is C33H32O2. The predicted molar refractivity (Wildman–Crippen MR) is 142 cm³/mol. The normalized spacial score (nSPS) is 12.7. The molecule has 0 aromatic heterocycles. The van der Waals surface area contributed by atoms with Crippen molar-refractivity contribution in [2.75, 3.05) is 0 Å². The Bertz CT molecular complexity index is 1130. The highest BCUT2D eigenvalue weighted by Gasteiger charge is 2.34. The molecule has 0 fully saturated rings. The van der Waals surface area contributed by atoms with Crippen molar-refractivity contribution < 1.29 is 9.59 Å². The lowest BCUT2D eigenvalue weighted by Gasteiger charge is -2.27. The van der Waals surface area contributed by atoms with Crippen molar-refractivity contribution in [2.45, 2.75) is 31.6 Å². The van der Waals surface area contributed by atoms with Crippen molar-refractivity contribution in [2.24, 2.45) is 11.8 Å². The molecule has 0 amide bonds. The summed E-state index contributed by atoms with van der Waals surface area (Å²) in [4.78, 5) is 26.7. The molecule has 0 radical (unpaired) electrons. The standard InChI is InChI=1S/C33H32O2/c34-25-30(22-21-26-13-5-1-6-14-26)32(29-19-11-4-12-20-29)33(35)31(23-27-15-7-2-8-16-27)24-28-17-9-3-10-18-28/h1-20,25,30-32H,21-24H2. The van der Waals surface area contributed by atoms with Gasteiger partial charge in [-0.3, -0.25) is 4.79 Å². The molecule has 2 unspecified atom stereocenters. The highest BCUT2D eigenvalue weighted by atomic mass is 16.1. The second kappa shape index (κ2) is 12.6. The molecule has 2 heteroatoms. The Kier molecular flexibility index (Phi) is 8.78. The van der Waals surface area contributed by atoms with Gasteiger partial charge >= 0.3 is 0 Å². The van der Waals surface area contributed by atoms with E-state index in [9.17, 15) is 9.59 Å². The molecule has 4 aromatic rings. The Labute approximate surface area is 208 Å². The molecule has 176 valence electrons. The molecule has 2 nitrogen and oxygen atoms in total. The fourth-order valence-electron chi connectivity index (χ4n) is 4.90. The van der Waals surface area contributed by atoms with Crippen LogP contribution in [0, 0.1) is 11.8 Å². The van der Waals surface area contributed by atoms with Gasteiger partial charge in [-0.25, -0.2) is 0 Å².